The third-order valence-electron chi connectivity index (χ3n) is 5.37. The summed E-state index contributed by atoms with van der Waals surface area (Å²) in [6, 6.07) is 13.6. The molecule has 5 heteroatoms. The number of hydrogen-bond donors (Lipinski definition) is 1. The minimum Gasteiger partial charge on any atom is -0.449 e. The first-order valence-electron chi connectivity index (χ1n) is 10.2. The number of benzene rings is 2. The molecule has 0 aliphatic heterocycles. The maximum Gasteiger partial charge on any atom is 0.341 e. The van der Waals surface area contributed by atoms with Gasteiger partial charge in [0.15, 0.2) is 6.10 Å². The average molecular weight is 405 g/mol. The van der Waals surface area contributed by atoms with Gasteiger partial charge in [-0.2, -0.15) is 0 Å². The monoisotopic (exact) mass is 404 g/mol. The molecule has 1 N–H and O–H groups in total. The molecule has 0 unspecified atom stereocenters. The molecular weight excluding hydrogens is 376 g/mol. The summed E-state index contributed by atoms with van der Waals surface area (Å²) < 4.78 is 5.53. The van der Waals surface area contributed by atoms with E-state index in [0.29, 0.717) is 11.3 Å². The summed E-state index contributed by atoms with van der Waals surface area (Å²) in [7, 11) is 0. The highest BCUT2D eigenvalue weighted by molar-refractivity contribution is 6.01. The normalized spacial score (nSPS) is 12.1. The van der Waals surface area contributed by atoms with Gasteiger partial charge in [-0.05, 0) is 56.4 Å². The van der Waals surface area contributed by atoms with Crippen LogP contribution in [0.3, 0.4) is 0 Å². The van der Waals surface area contributed by atoms with Crippen molar-refractivity contribution in [2.45, 2.75) is 53.6 Å². The molecule has 3 rings (SSSR count). The lowest BCUT2D eigenvalue weighted by molar-refractivity contribution is -0.123. The molecule has 0 aliphatic carbocycles. The van der Waals surface area contributed by atoms with E-state index in [0.717, 1.165) is 33.3 Å². The van der Waals surface area contributed by atoms with Crippen molar-refractivity contribution in [3.63, 3.8) is 0 Å². The predicted molar refractivity (Wildman–Crippen MR) is 120 cm³/mol. The van der Waals surface area contributed by atoms with Gasteiger partial charge in [-0.1, -0.05) is 50.2 Å². The zero-order chi connectivity index (χ0) is 22.0. The second-order valence-corrected chi connectivity index (χ2v) is 7.94. The van der Waals surface area contributed by atoms with Gasteiger partial charge in [-0.25, -0.2) is 4.79 Å². The lowest BCUT2D eigenvalue weighted by atomic mass is 9.98. The highest BCUT2D eigenvalue weighted by Crippen LogP contribution is 2.28. The van der Waals surface area contributed by atoms with Gasteiger partial charge in [0.1, 0.15) is 0 Å². The molecule has 1 heterocycles. The summed E-state index contributed by atoms with van der Waals surface area (Å²) >= 11 is 0. The number of aryl methyl sites for hydroxylation is 3. The molecule has 3 aromatic rings. The van der Waals surface area contributed by atoms with Crippen LogP contribution in [0.4, 0.5) is 5.69 Å². The number of aromatic nitrogens is 1. The van der Waals surface area contributed by atoms with E-state index >= 15 is 0 Å². The van der Waals surface area contributed by atoms with Crippen LogP contribution in [0.15, 0.2) is 42.5 Å². The average Bonchev–Trinajstić information content (AvgIpc) is 2.69. The summed E-state index contributed by atoms with van der Waals surface area (Å²) in [6.45, 7) is 11.3. The fourth-order valence-corrected chi connectivity index (χ4v) is 3.67. The van der Waals surface area contributed by atoms with Crippen LogP contribution in [0.1, 0.15) is 59.4 Å². The van der Waals surface area contributed by atoms with E-state index in [9.17, 15) is 9.59 Å². The van der Waals surface area contributed by atoms with Crippen molar-refractivity contribution in [2.75, 3.05) is 5.32 Å². The first-order valence-corrected chi connectivity index (χ1v) is 10.2. The molecule has 0 saturated carbocycles. The number of esters is 1. The number of hydrogen-bond acceptors (Lipinski definition) is 4. The van der Waals surface area contributed by atoms with Crippen LogP contribution in [-0.4, -0.2) is 23.0 Å². The van der Waals surface area contributed by atoms with Crippen molar-refractivity contribution in [1.29, 1.82) is 0 Å². The number of rotatable bonds is 5. The third kappa shape index (κ3) is 4.20. The van der Waals surface area contributed by atoms with E-state index in [-0.39, 0.29) is 11.8 Å². The highest BCUT2D eigenvalue weighted by Gasteiger charge is 2.24. The Labute approximate surface area is 177 Å². The van der Waals surface area contributed by atoms with Gasteiger partial charge in [0, 0.05) is 11.1 Å². The first kappa shape index (κ1) is 21.5. The Hall–Kier alpha value is -3.21. The molecule has 0 bridgehead atoms. The van der Waals surface area contributed by atoms with E-state index in [2.05, 4.69) is 24.1 Å². The molecule has 0 aliphatic rings. The van der Waals surface area contributed by atoms with E-state index in [1.54, 1.807) is 13.8 Å². The number of fused-ring (bicyclic) bond motifs is 1. The van der Waals surface area contributed by atoms with Crippen molar-refractivity contribution in [3.05, 3.63) is 70.4 Å². The molecule has 0 saturated heterocycles. The molecule has 1 aromatic heterocycles. The number of carbonyl (C=O) groups excluding carboxylic acids is 2. The number of anilines is 1. The topological polar surface area (TPSA) is 68.3 Å². The molecule has 1 atom stereocenters. The van der Waals surface area contributed by atoms with Crippen LogP contribution in [0.5, 0.6) is 0 Å². The Balaban J connectivity index is 1.82. The van der Waals surface area contributed by atoms with Crippen molar-refractivity contribution in [1.82, 2.24) is 4.98 Å². The van der Waals surface area contributed by atoms with Gasteiger partial charge in [0.25, 0.3) is 5.91 Å². The van der Waals surface area contributed by atoms with E-state index in [1.165, 1.54) is 0 Å². The van der Waals surface area contributed by atoms with E-state index in [4.69, 9.17) is 4.74 Å². The smallest absolute Gasteiger partial charge is 0.341 e. The molecule has 156 valence electrons. The van der Waals surface area contributed by atoms with Crippen LogP contribution < -0.4 is 5.32 Å². The fraction of sp³-hybridized carbons (Fsp3) is 0.320. The summed E-state index contributed by atoms with van der Waals surface area (Å²) in [5, 5.41) is 3.84. The number of para-hydroxylation sites is 2. The Kier molecular flexibility index (Phi) is 6.20. The number of pyridine rings is 1. The van der Waals surface area contributed by atoms with Gasteiger partial charge in [0.2, 0.25) is 0 Å². The van der Waals surface area contributed by atoms with E-state index in [1.807, 2.05) is 56.3 Å². The summed E-state index contributed by atoms with van der Waals surface area (Å²) in [5.74, 6) is -0.643. The Bertz CT molecular complexity index is 1120. The number of nitrogens with one attached hydrogen (secondary N) is 1. The molecule has 0 spiro atoms. The molecule has 0 radical (unpaired) electrons. The van der Waals surface area contributed by atoms with Crippen LogP contribution in [0, 0.1) is 20.8 Å². The zero-order valence-corrected chi connectivity index (χ0v) is 18.4. The Morgan fingerprint density at radius 3 is 2.37 bits per heavy atom. The maximum absolute atomic E-state index is 12.9. The number of ether oxygens (including phenoxy) is 1. The molecule has 5 nitrogen and oxygen atoms in total. The Morgan fingerprint density at radius 1 is 0.967 bits per heavy atom. The Morgan fingerprint density at radius 2 is 1.67 bits per heavy atom. The van der Waals surface area contributed by atoms with Gasteiger partial charge >= 0.3 is 5.97 Å². The minimum atomic E-state index is -0.942. The number of amides is 1. The van der Waals surface area contributed by atoms with Gasteiger partial charge < -0.3 is 10.1 Å². The maximum atomic E-state index is 12.9. The van der Waals surface area contributed by atoms with Gasteiger partial charge in [-0.15, -0.1) is 0 Å². The first-order chi connectivity index (χ1) is 14.2. The third-order valence-corrected chi connectivity index (χ3v) is 5.37. The van der Waals surface area contributed by atoms with Gasteiger partial charge in [0.05, 0.1) is 16.8 Å². The minimum absolute atomic E-state index is 0.257. The predicted octanol–water partition coefficient (Wildman–Crippen LogP) is 5.47. The second kappa shape index (κ2) is 8.66. The van der Waals surface area contributed by atoms with Gasteiger partial charge in [-0.3, -0.25) is 9.78 Å². The standard InChI is InChI=1S/C25H28N2O3/c1-14(2)19-12-9-10-15(3)23(19)27-24(28)18(6)30-25(29)22-16(4)20-11-7-8-13-21(20)26-17(22)5/h7-14,18H,1-6H3,(H,27,28)/t18-/m1/s1. The van der Waals surface area contributed by atoms with E-state index < -0.39 is 12.1 Å². The molecule has 0 fully saturated rings. The highest BCUT2D eigenvalue weighted by atomic mass is 16.5. The summed E-state index contributed by atoms with van der Waals surface area (Å²) in [4.78, 5) is 30.2. The lowest BCUT2D eigenvalue weighted by Gasteiger charge is -2.19. The zero-order valence-electron chi connectivity index (χ0n) is 18.4. The lowest BCUT2D eigenvalue weighted by Crippen LogP contribution is -2.31. The largest absolute Gasteiger partial charge is 0.449 e. The van der Waals surface area contributed by atoms with Crippen molar-refractivity contribution < 1.29 is 14.3 Å². The quantitative estimate of drug-likeness (QED) is 0.573. The molecule has 30 heavy (non-hydrogen) atoms. The van der Waals surface area contributed by atoms with Crippen LogP contribution in [0.2, 0.25) is 0 Å². The second-order valence-electron chi connectivity index (χ2n) is 7.94. The van der Waals surface area contributed by atoms with Crippen LogP contribution >= 0.6 is 0 Å². The van der Waals surface area contributed by atoms with Crippen molar-refractivity contribution >= 4 is 28.5 Å². The van der Waals surface area contributed by atoms with Crippen LogP contribution in [0.25, 0.3) is 10.9 Å². The molecule has 2 aromatic carbocycles. The van der Waals surface area contributed by atoms with Crippen LogP contribution in [-0.2, 0) is 9.53 Å². The summed E-state index contributed by atoms with van der Waals surface area (Å²) in [6.07, 6.45) is -0.942. The molecular formula is C25H28N2O3. The SMILES string of the molecule is Cc1cccc(C(C)C)c1NC(=O)[C@@H](C)OC(=O)c1c(C)nc2ccccc2c1C. The fourth-order valence-electron chi connectivity index (χ4n) is 3.67. The summed E-state index contributed by atoms with van der Waals surface area (Å²) in [5.41, 5.74) is 5.43. The van der Waals surface area contributed by atoms with Crippen molar-refractivity contribution in [2.24, 2.45) is 0 Å². The number of carbonyl (C=O) groups is 2. The molecule has 1 amide bonds. The van der Waals surface area contributed by atoms with Crippen molar-refractivity contribution in [3.8, 4) is 0 Å². The number of nitrogens with zero attached hydrogens (tertiary/aromatic N) is 1.